The highest BCUT2D eigenvalue weighted by molar-refractivity contribution is 5.97. The van der Waals surface area contributed by atoms with Crippen molar-refractivity contribution < 1.29 is 31.9 Å². The summed E-state index contributed by atoms with van der Waals surface area (Å²) in [6, 6.07) is 8.47. The molecule has 12 heteroatoms. The monoisotopic (exact) mass is 519 g/mol. The van der Waals surface area contributed by atoms with Gasteiger partial charge in [-0.15, -0.1) is 13.2 Å². The molecule has 0 spiro atoms. The largest absolute Gasteiger partial charge is 0.573 e. The van der Waals surface area contributed by atoms with Crippen molar-refractivity contribution in [2.45, 2.75) is 32.0 Å². The van der Waals surface area contributed by atoms with E-state index in [0.717, 1.165) is 25.0 Å². The fraction of sp³-hybridized carbons (Fsp3) is 0.440. The van der Waals surface area contributed by atoms with Crippen LogP contribution in [0.1, 0.15) is 35.2 Å². The van der Waals surface area contributed by atoms with Crippen LogP contribution >= 0.6 is 0 Å². The van der Waals surface area contributed by atoms with E-state index in [1.165, 1.54) is 6.07 Å². The number of fused-ring (bicyclic) bond motifs is 2. The molecule has 1 N–H and O–H groups in total. The van der Waals surface area contributed by atoms with E-state index in [-0.39, 0.29) is 24.7 Å². The first-order chi connectivity index (χ1) is 17.7. The summed E-state index contributed by atoms with van der Waals surface area (Å²) in [4.78, 5) is 29.5. The molecule has 3 heterocycles. The van der Waals surface area contributed by atoms with Crippen molar-refractivity contribution in [2.24, 2.45) is 11.8 Å². The van der Waals surface area contributed by atoms with E-state index >= 15 is 0 Å². The lowest BCUT2D eigenvalue weighted by Crippen LogP contribution is -2.34. The molecule has 3 aromatic rings. The number of benzene rings is 2. The summed E-state index contributed by atoms with van der Waals surface area (Å²) < 4.78 is 54.5. The molecule has 2 fully saturated rings. The molecule has 2 atom stereocenters. The Bertz CT molecular complexity index is 1290. The maximum absolute atomic E-state index is 13.9. The number of halogens is 4. The summed E-state index contributed by atoms with van der Waals surface area (Å²) >= 11 is 0. The van der Waals surface area contributed by atoms with Crippen LogP contribution in [-0.2, 0) is 11.2 Å². The van der Waals surface area contributed by atoms with Gasteiger partial charge in [0.25, 0.3) is 5.91 Å². The third-order valence-corrected chi connectivity index (χ3v) is 7.17. The highest BCUT2D eigenvalue weighted by atomic mass is 19.4. The van der Waals surface area contributed by atoms with Gasteiger partial charge in [0, 0.05) is 38.2 Å². The van der Waals surface area contributed by atoms with Crippen LogP contribution in [0.4, 0.5) is 17.6 Å². The van der Waals surface area contributed by atoms with Gasteiger partial charge < -0.3 is 14.5 Å². The van der Waals surface area contributed by atoms with Crippen molar-refractivity contribution >= 4 is 22.8 Å². The number of aromatic nitrogens is 3. The number of carbonyl (C=O) groups excluding carboxylic acids is 2. The van der Waals surface area contributed by atoms with Crippen molar-refractivity contribution in [1.82, 2.24) is 25.2 Å². The van der Waals surface area contributed by atoms with Gasteiger partial charge in [-0.2, -0.15) is 15.4 Å². The van der Waals surface area contributed by atoms with Crippen molar-refractivity contribution in [2.75, 3.05) is 26.2 Å². The summed E-state index contributed by atoms with van der Waals surface area (Å²) in [7, 11) is 0. The first kappa shape index (κ1) is 25.0. The number of hydrogen-bond acceptors (Lipinski definition) is 5. The molecule has 37 heavy (non-hydrogen) atoms. The molecular formula is C25H25F4N5O3. The van der Waals surface area contributed by atoms with E-state index in [0.29, 0.717) is 60.2 Å². The molecule has 5 rings (SSSR count). The number of carbonyl (C=O) groups is 2. The Kier molecular flexibility index (Phi) is 6.74. The van der Waals surface area contributed by atoms with Crippen molar-refractivity contribution in [3.05, 3.63) is 53.3 Å². The van der Waals surface area contributed by atoms with Crippen LogP contribution in [-0.4, -0.2) is 69.6 Å². The van der Waals surface area contributed by atoms with Gasteiger partial charge in [-0.05, 0) is 67.0 Å². The molecule has 0 aliphatic carbocycles. The number of aryl methyl sites for hydroxylation is 1. The minimum atomic E-state index is -4.97. The molecule has 196 valence electrons. The molecule has 2 aromatic carbocycles. The van der Waals surface area contributed by atoms with E-state index in [1.807, 2.05) is 4.90 Å². The molecule has 2 saturated heterocycles. The van der Waals surface area contributed by atoms with Crippen LogP contribution in [0, 0.1) is 17.7 Å². The van der Waals surface area contributed by atoms with Gasteiger partial charge >= 0.3 is 6.36 Å². The van der Waals surface area contributed by atoms with E-state index in [1.54, 1.807) is 23.1 Å². The molecule has 8 nitrogen and oxygen atoms in total. The number of hydrogen-bond donors (Lipinski definition) is 1. The molecule has 1 aromatic heterocycles. The van der Waals surface area contributed by atoms with E-state index in [9.17, 15) is 27.2 Å². The number of H-pyrrole nitrogens is 1. The number of rotatable bonds is 5. The first-order valence-electron chi connectivity index (χ1n) is 12.1. The Morgan fingerprint density at radius 1 is 0.973 bits per heavy atom. The lowest BCUT2D eigenvalue weighted by atomic mass is 9.92. The number of nitrogens with zero attached hydrogens (tertiary/aromatic N) is 4. The van der Waals surface area contributed by atoms with Crippen LogP contribution in [0.15, 0.2) is 36.4 Å². The predicted molar refractivity (Wildman–Crippen MR) is 124 cm³/mol. The number of likely N-dealkylation sites (tertiary alicyclic amines) is 2. The average molecular weight is 519 g/mol. The van der Waals surface area contributed by atoms with Gasteiger partial charge in [-0.1, -0.05) is 6.07 Å². The van der Waals surface area contributed by atoms with E-state index in [2.05, 4.69) is 20.1 Å². The fourth-order valence-corrected chi connectivity index (χ4v) is 5.24. The summed E-state index contributed by atoms with van der Waals surface area (Å²) in [5.41, 5.74) is 2.33. The highest BCUT2D eigenvalue weighted by Gasteiger charge is 2.38. The molecule has 0 unspecified atom stereocenters. The Labute approximate surface area is 209 Å². The molecule has 2 amide bonds. The average Bonchev–Trinajstić information content (AvgIpc) is 3.44. The number of ether oxygens (including phenoxy) is 1. The lowest BCUT2D eigenvalue weighted by Gasteiger charge is -2.22. The maximum Gasteiger partial charge on any atom is 0.573 e. The maximum atomic E-state index is 13.9. The predicted octanol–water partition coefficient (Wildman–Crippen LogP) is 3.94. The summed E-state index contributed by atoms with van der Waals surface area (Å²) in [5, 5.41) is 10.6. The van der Waals surface area contributed by atoms with Crippen LogP contribution in [0.3, 0.4) is 0 Å². The third-order valence-electron chi connectivity index (χ3n) is 7.17. The second-order valence-corrected chi connectivity index (χ2v) is 9.53. The van der Waals surface area contributed by atoms with Gasteiger partial charge in [0.1, 0.15) is 11.0 Å². The molecule has 2 aliphatic rings. The van der Waals surface area contributed by atoms with Crippen LogP contribution < -0.4 is 4.74 Å². The minimum absolute atomic E-state index is 0.0372. The number of amides is 2. The van der Waals surface area contributed by atoms with Gasteiger partial charge in [0.2, 0.25) is 5.91 Å². The summed E-state index contributed by atoms with van der Waals surface area (Å²) in [5.74, 6) is -1.53. The summed E-state index contributed by atoms with van der Waals surface area (Å²) in [6.45, 7) is 2.40. The van der Waals surface area contributed by atoms with Crippen molar-refractivity contribution in [3.63, 3.8) is 0 Å². The standard InChI is InChI=1S/C25H25F4N5O3/c26-19-11-15(1-5-22(19)37-25(27,28)29)2-6-23(35)33-9-7-17-13-34(14-18(17)8-10-33)24(36)16-3-4-20-21(12-16)31-32-30-20/h1,3-5,11-12,17-18H,2,6-10,13-14H2,(H,30,31,32)/t17-,18+. The lowest BCUT2D eigenvalue weighted by molar-refractivity contribution is -0.275. The number of alkyl halides is 3. The second kappa shape index (κ2) is 9.98. The molecule has 2 aliphatic heterocycles. The van der Waals surface area contributed by atoms with Crippen molar-refractivity contribution in [1.29, 1.82) is 0 Å². The van der Waals surface area contributed by atoms with E-state index < -0.39 is 17.9 Å². The highest BCUT2D eigenvalue weighted by Crippen LogP contribution is 2.33. The Morgan fingerprint density at radius 3 is 2.35 bits per heavy atom. The van der Waals surface area contributed by atoms with Crippen LogP contribution in [0.5, 0.6) is 5.75 Å². The zero-order chi connectivity index (χ0) is 26.2. The second-order valence-electron chi connectivity index (χ2n) is 9.53. The molecule has 0 saturated carbocycles. The van der Waals surface area contributed by atoms with E-state index in [4.69, 9.17) is 0 Å². The Balaban J connectivity index is 1.12. The molecular weight excluding hydrogens is 494 g/mol. The molecule has 0 bridgehead atoms. The van der Waals surface area contributed by atoms with Gasteiger partial charge in [0.05, 0.1) is 0 Å². The zero-order valence-corrected chi connectivity index (χ0v) is 19.8. The quantitative estimate of drug-likeness (QED) is 0.516. The minimum Gasteiger partial charge on any atom is -0.403 e. The van der Waals surface area contributed by atoms with Gasteiger partial charge in [-0.3, -0.25) is 9.59 Å². The number of nitrogens with one attached hydrogen (secondary N) is 1. The first-order valence-corrected chi connectivity index (χ1v) is 12.1. The van der Waals surface area contributed by atoms with Crippen LogP contribution in [0.25, 0.3) is 11.0 Å². The van der Waals surface area contributed by atoms with Gasteiger partial charge in [-0.25, -0.2) is 4.39 Å². The zero-order valence-electron chi connectivity index (χ0n) is 19.8. The Hall–Kier alpha value is -3.70. The van der Waals surface area contributed by atoms with Crippen molar-refractivity contribution in [3.8, 4) is 5.75 Å². The normalized spacial score (nSPS) is 20.1. The summed E-state index contributed by atoms with van der Waals surface area (Å²) in [6.07, 6.45) is -3.08. The topological polar surface area (TPSA) is 91.4 Å². The smallest absolute Gasteiger partial charge is 0.403 e. The Morgan fingerprint density at radius 2 is 1.68 bits per heavy atom. The third kappa shape index (κ3) is 5.67. The fourth-order valence-electron chi connectivity index (χ4n) is 5.24. The molecule has 0 radical (unpaired) electrons. The SMILES string of the molecule is O=C(CCc1ccc(OC(F)(F)F)c(F)c1)N1CC[C@@H]2CN(C(=O)c3ccc4n[nH]nc4c3)C[C@@H]2CC1. The van der Waals surface area contributed by atoms with Gasteiger partial charge in [0.15, 0.2) is 11.6 Å². The number of aromatic amines is 1. The van der Waals surface area contributed by atoms with Crippen LogP contribution in [0.2, 0.25) is 0 Å².